The normalized spacial score (nSPS) is 11.6. The van der Waals surface area contributed by atoms with Gasteiger partial charge in [0, 0.05) is 27.2 Å². The summed E-state index contributed by atoms with van der Waals surface area (Å²) in [5, 5.41) is 10.0. The zero-order chi connectivity index (χ0) is 14.6. The fourth-order valence-electron chi connectivity index (χ4n) is 1.37. The summed E-state index contributed by atoms with van der Waals surface area (Å²) < 4.78 is 25.5. The lowest BCUT2D eigenvalue weighted by Crippen LogP contribution is -2.34. The molecule has 0 unspecified atom stereocenters. The predicted molar refractivity (Wildman–Crippen MR) is 72.9 cm³/mol. The molecule has 0 aromatic carbocycles. The second-order valence-corrected chi connectivity index (χ2v) is 6.62. The van der Waals surface area contributed by atoms with Gasteiger partial charge in [-0.15, -0.1) is 10.2 Å². The van der Waals surface area contributed by atoms with Crippen molar-refractivity contribution in [2.45, 2.75) is 18.2 Å². The van der Waals surface area contributed by atoms with Gasteiger partial charge in [-0.2, -0.15) is 4.31 Å². The van der Waals surface area contributed by atoms with E-state index in [4.69, 9.17) is 0 Å². The molecule has 1 aromatic heterocycles. The molecule has 0 spiro atoms. The molecule has 0 aliphatic carbocycles. The van der Waals surface area contributed by atoms with Crippen molar-refractivity contribution in [2.24, 2.45) is 0 Å². The molecule has 0 aliphatic rings. The molecule has 19 heavy (non-hydrogen) atoms. The van der Waals surface area contributed by atoms with Crippen LogP contribution >= 0.6 is 11.3 Å². The summed E-state index contributed by atoms with van der Waals surface area (Å²) in [5.74, 6) is 0. The van der Waals surface area contributed by atoms with Crippen LogP contribution in [0, 0.1) is 0 Å². The van der Waals surface area contributed by atoms with Gasteiger partial charge in [-0.3, -0.25) is 4.90 Å². The Hall–Kier alpha value is -1.26. The molecule has 0 saturated heterocycles. The van der Waals surface area contributed by atoms with Gasteiger partial charge in [-0.05, 0) is 0 Å². The maximum Gasteiger partial charge on any atom is 0.323 e. The van der Waals surface area contributed by atoms with Crippen molar-refractivity contribution in [3.8, 4) is 0 Å². The Bertz CT molecular complexity index is 538. The Balaban J connectivity index is 3.06. The number of urea groups is 1. The maximum absolute atomic E-state index is 12.2. The minimum absolute atomic E-state index is 0.109. The summed E-state index contributed by atoms with van der Waals surface area (Å²) in [5.41, 5.74) is 0. The van der Waals surface area contributed by atoms with Crippen molar-refractivity contribution in [2.75, 3.05) is 32.1 Å². The number of amides is 2. The number of nitrogens with one attached hydrogen (secondary N) is 1. The van der Waals surface area contributed by atoms with Gasteiger partial charge in [-0.25, -0.2) is 13.2 Å². The number of hydrogen-bond acceptors (Lipinski definition) is 6. The van der Waals surface area contributed by atoms with Crippen LogP contribution in [0.2, 0.25) is 0 Å². The van der Waals surface area contributed by atoms with Crippen molar-refractivity contribution in [1.82, 2.24) is 19.8 Å². The van der Waals surface area contributed by atoms with E-state index in [0.717, 1.165) is 11.3 Å². The van der Waals surface area contributed by atoms with Crippen molar-refractivity contribution >= 4 is 32.5 Å². The van der Waals surface area contributed by atoms with Crippen LogP contribution in [-0.2, 0) is 10.0 Å². The highest BCUT2D eigenvalue weighted by atomic mass is 32.2. The van der Waals surface area contributed by atoms with Gasteiger partial charge in [0.25, 0.3) is 10.0 Å². The van der Waals surface area contributed by atoms with Crippen LogP contribution in [0.4, 0.5) is 9.93 Å². The number of anilines is 1. The molecule has 0 fully saturated rings. The number of carbonyl (C=O) groups is 1. The minimum atomic E-state index is -3.63. The second kappa shape index (κ2) is 6.26. The first-order valence-corrected chi connectivity index (χ1v) is 7.93. The summed E-state index contributed by atoms with van der Waals surface area (Å²) >= 11 is 0.864. The van der Waals surface area contributed by atoms with E-state index >= 15 is 0 Å². The summed E-state index contributed by atoms with van der Waals surface area (Å²) in [6, 6.07) is -0.386. The van der Waals surface area contributed by atoms with Gasteiger partial charge < -0.3 is 5.32 Å². The van der Waals surface area contributed by atoms with Crippen LogP contribution in [-0.4, -0.2) is 56.1 Å². The van der Waals surface area contributed by atoms with E-state index in [9.17, 15) is 13.2 Å². The van der Waals surface area contributed by atoms with E-state index in [2.05, 4.69) is 15.5 Å². The van der Waals surface area contributed by atoms with Gasteiger partial charge in [0.2, 0.25) is 9.47 Å². The van der Waals surface area contributed by atoms with Gasteiger partial charge in [0.05, 0.1) is 0 Å². The van der Waals surface area contributed by atoms with Crippen LogP contribution in [0.25, 0.3) is 0 Å². The highest BCUT2D eigenvalue weighted by Crippen LogP contribution is 2.25. The lowest BCUT2D eigenvalue weighted by molar-refractivity contribution is 0.249. The van der Waals surface area contributed by atoms with E-state index < -0.39 is 10.0 Å². The van der Waals surface area contributed by atoms with Crippen LogP contribution in [0.15, 0.2) is 4.34 Å². The third-order valence-electron chi connectivity index (χ3n) is 2.47. The van der Waals surface area contributed by atoms with Crippen LogP contribution in [0.3, 0.4) is 0 Å². The van der Waals surface area contributed by atoms with Crippen molar-refractivity contribution in [1.29, 1.82) is 0 Å². The van der Waals surface area contributed by atoms with Crippen LogP contribution < -0.4 is 10.2 Å². The minimum Gasteiger partial charge on any atom is -0.341 e. The second-order valence-electron chi connectivity index (χ2n) is 3.55. The standard InChI is InChI=1S/C9H17N5O3S2/c1-5-14(6-2)19(16,17)9-12-11-8(18-9)13(4)7(15)10-3/h5-6H2,1-4H3,(H,10,15). The van der Waals surface area contributed by atoms with Gasteiger partial charge in [0.1, 0.15) is 0 Å². The van der Waals surface area contributed by atoms with Crippen molar-refractivity contribution in [3.05, 3.63) is 0 Å². The average Bonchev–Trinajstić information content (AvgIpc) is 2.88. The quantitative estimate of drug-likeness (QED) is 0.792. The molecule has 0 bridgehead atoms. The Labute approximate surface area is 116 Å². The first-order chi connectivity index (χ1) is 8.88. The topological polar surface area (TPSA) is 95.5 Å². The molecule has 1 rings (SSSR count). The molecule has 0 aliphatic heterocycles. The first-order valence-electron chi connectivity index (χ1n) is 5.67. The molecule has 10 heteroatoms. The molecule has 1 aromatic rings. The van der Waals surface area contributed by atoms with E-state index in [1.807, 2.05) is 0 Å². The molecular formula is C9H17N5O3S2. The Morgan fingerprint density at radius 2 is 1.89 bits per heavy atom. The number of carbonyl (C=O) groups excluding carboxylic acids is 1. The zero-order valence-corrected chi connectivity index (χ0v) is 12.9. The summed E-state index contributed by atoms with van der Waals surface area (Å²) in [7, 11) is -0.654. The lowest BCUT2D eigenvalue weighted by atomic mass is 10.7. The SMILES string of the molecule is CCN(CC)S(=O)(=O)c1nnc(N(C)C(=O)NC)s1. The Kier molecular flexibility index (Phi) is 5.20. The number of aromatic nitrogens is 2. The number of rotatable bonds is 5. The highest BCUT2D eigenvalue weighted by Gasteiger charge is 2.27. The zero-order valence-electron chi connectivity index (χ0n) is 11.2. The van der Waals surface area contributed by atoms with Crippen LogP contribution in [0.5, 0.6) is 0 Å². The molecule has 0 radical (unpaired) electrons. The van der Waals surface area contributed by atoms with Crippen molar-refractivity contribution < 1.29 is 13.2 Å². The largest absolute Gasteiger partial charge is 0.341 e. The molecule has 0 saturated carbocycles. The van der Waals surface area contributed by atoms with E-state index in [1.165, 1.54) is 23.3 Å². The third-order valence-corrected chi connectivity index (χ3v) is 5.86. The van der Waals surface area contributed by atoms with Crippen LogP contribution in [0.1, 0.15) is 13.8 Å². The molecule has 108 valence electrons. The lowest BCUT2D eigenvalue weighted by Gasteiger charge is -2.15. The summed E-state index contributed by atoms with van der Waals surface area (Å²) in [6.07, 6.45) is 0. The van der Waals surface area contributed by atoms with Crippen molar-refractivity contribution in [3.63, 3.8) is 0 Å². The molecule has 0 atom stereocenters. The Morgan fingerprint density at radius 3 is 2.37 bits per heavy atom. The molecule has 8 nitrogen and oxygen atoms in total. The number of nitrogens with zero attached hydrogens (tertiary/aromatic N) is 4. The van der Waals surface area contributed by atoms with E-state index in [-0.39, 0.29) is 15.5 Å². The fourth-order valence-corrected chi connectivity index (χ4v) is 3.92. The van der Waals surface area contributed by atoms with Gasteiger partial charge >= 0.3 is 6.03 Å². The van der Waals surface area contributed by atoms with Gasteiger partial charge in [0.15, 0.2) is 0 Å². The smallest absolute Gasteiger partial charge is 0.323 e. The number of sulfonamides is 1. The highest BCUT2D eigenvalue weighted by molar-refractivity contribution is 7.91. The van der Waals surface area contributed by atoms with E-state index in [1.54, 1.807) is 13.8 Å². The summed E-state index contributed by atoms with van der Waals surface area (Å²) in [4.78, 5) is 12.6. The molecule has 1 N–H and O–H groups in total. The van der Waals surface area contributed by atoms with Gasteiger partial charge in [-0.1, -0.05) is 25.2 Å². The molecular weight excluding hydrogens is 290 g/mol. The molecule has 2 amide bonds. The summed E-state index contributed by atoms with van der Waals surface area (Å²) in [6.45, 7) is 4.22. The Morgan fingerprint density at radius 1 is 1.32 bits per heavy atom. The number of hydrogen-bond donors (Lipinski definition) is 1. The monoisotopic (exact) mass is 307 g/mol. The fraction of sp³-hybridized carbons (Fsp3) is 0.667. The maximum atomic E-state index is 12.2. The predicted octanol–water partition coefficient (Wildman–Crippen LogP) is 0.344. The molecule has 1 heterocycles. The third kappa shape index (κ3) is 3.19. The van der Waals surface area contributed by atoms with E-state index in [0.29, 0.717) is 13.1 Å². The first kappa shape index (κ1) is 15.8. The average molecular weight is 307 g/mol.